The van der Waals surface area contributed by atoms with Crippen LogP contribution in [0, 0.1) is 5.82 Å². The van der Waals surface area contributed by atoms with E-state index in [-0.39, 0.29) is 18.6 Å². The lowest BCUT2D eigenvalue weighted by Crippen LogP contribution is -2.33. The lowest BCUT2D eigenvalue weighted by atomic mass is 10.1. The molecule has 1 N–H and O–H groups in total. The van der Waals surface area contributed by atoms with Gasteiger partial charge in [0.2, 0.25) is 5.91 Å². The van der Waals surface area contributed by atoms with Gasteiger partial charge >= 0.3 is 0 Å². The van der Waals surface area contributed by atoms with Gasteiger partial charge in [0.25, 0.3) is 5.56 Å². The first kappa shape index (κ1) is 18.0. The first-order chi connectivity index (χ1) is 12.5. The van der Waals surface area contributed by atoms with Crippen molar-refractivity contribution in [2.45, 2.75) is 13.1 Å². The predicted octanol–water partition coefficient (Wildman–Crippen LogP) is 3.13. The average molecular weight is 416 g/mol. The van der Waals surface area contributed by atoms with Crippen molar-refractivity contribution in [1.82, 2.24) is 15.1 Å². The molecule has 0 aliphatic rings. The zero-order valence-electron chi connectivity index (χ0n) is 13.7. The second-order valence-corrected chi connectivity index (χ2v) is 6.51. The van der Waals surface area contributed by atoms with Gasteiger partial charge in [-0.05, 0) is 24.3 Å². The number of nitrogens with zero attached hydrogens (tertiary/aromatic N) is 2. The third-order valence-corrected chi connectivity index (χ3v) is 4.21. The topological polar surface area (TPSA) is 64.0 Å². The smallest absolute Gasteiger partial charge is 0.267 e. The molecule has 0 fully saturated rings. The van der Waals surface area contributed by atoms with Crippen molar-refractivity contribution in [3.8, 4) is 11.3 Å². The van der Waals surface area contributed by atoms with Crippen LogP contribution >= 0.6 is 15.9 Å². The third-order valence-electron chi connectivity index (χ3n) is 3.71. The first-order valence-corrected chi connectivity index (χ1v) is 8.66. The van der Waals surface area contributed by atoms with Gasteiger partial charge in [-0.2, -0.15) is 5.10 Å². The van der Waals surface area contributed by atoms with Gasteiger partial charge < -0.3 is 5.32 Å². The van der Waals surface area contributed by atoms with E-state index in [4.69, 9.17) is 0 Å². The molecule has 0 aliphatic heterocycles. The van der Waals surface area contributed by atoms with Gasteiger partial charge in [0.05, 0.1) is 5.69 Å². The molecule has 3 aromatic rings. The minimum atomic E-state index is -0.427. The van der Waals surface area contributed by atoms with Crippen LogP contribution in [-0.4, -0.2) is 15.7 Å². The van der Waals surface area contributed by atoms with Crippen LogP contribution in [-0.2, 0) is 17.9 Å². The predicted molar refractivity (Wildman–Crippen MR) is 99.9 cm³/mol. The summed E-state index contributed by atoms with van der Waals surface area (Å²) in [6, 6.07) is 16.8. The second-order valence-electron chi connectivity index (χ2n) is 5.59. The summed E-state index contributed by atoms with van der Waals surface area (Å²) >= 11 is 3.26. The Balaban J connectivity index is 1.71. The van der Waals surface area contributed by atoms with E-state index in [1.807, 2.05) is 30.3 Å². The maximum Gasteiger partial charge on any atom is 0.267 e. The van der Waals surface area contributed by atoms with Crippen LogP contribution in [0.1, 0.15) is 5.56 Å². The van der Waals surface area contributed by atoms with Gasteiger partial charge in [0.1, 0.15) is 12.4 Å². The van der Waals surface area contributed by atoms with Crippen LogP contribution in [0.25, 0.3) is 11.3 Å². The Morgan fingerprint density at radius 3 is 2.65 bits per heavy atom. The number of carbonyl (C=O) groups is 1. The van der Waals surface area contributed by atoms with Gasteiger partial charge in [-0.1, -0.05) is 46.3 Å². The van der Waals surface area contributed by atoms with E-state index < -0.39 is 11.7 Å². The largest absolute Gasteiger partial charge is 0.350 e. The average Bonchev–Trinajstić information content (AvgIpc) is 2.65. The number of rotatable bonds is 5. The van der Waals surface area contributed by atoms with E-state index in [1.165, 1.54) is 12.1 Å². The first-order valence-electron chi connectivity index (χ1n) is 7.87. The summed E-state index contributed by atoms with van der Waals surface area (Å²) in [5.41, 5.74) is 1.41. The van der Waals surface area contributed by atoms with E-state index in [0.29, 0.717) is 11.3 Å². The number of aromatic nitrogens is 2. The molecule has 5 nitrogen and oxygen atoms in total. The second kappa shape index (κ2) is 8.05. The van der Waals surface area contributed by atoms with Crippen LogP contribution in [0.15, 0.2) is 69.9 Å². The van der Waals surface area contributed by atoms with Gasteiger partial charge in [0.15, 0.2) is 0 Å². The van der Waals surface area contributed by atoms with E-state index in [2.05, 4.69) is 26.3 Å². The van der Waals surface area contributed by atoms with Crippen molar-refractivity contribution in [2.24, 2.45) is 0 Å². The molecule has 0 saturated carbocycles. The van der Waals surface area contributed by atoms with Crippen molar-refractivity contribution in [3.05, 3.63) is 86.9 Å². The summed E-state index contributed by atoms with van der Waals surface area (Å²) in [6.45, 7) is -0.216. The van der Waals surface area contributed by atoms with Crippen LogP contribution in [0.3, 0.4) is 0 Å². The Kier molecular flexibility index (Phi) is 5.58. The summed E-state index contributed by atoms with van der Waals surface area (Å²) in [6.07, 6.45) is 0. The quantitative estimate of drug-likeness (QED) is 0.695. The molecule has 0 spiro atoms. The SMILES string of the molecule is O=C(Cn1nc(-c2ccccc2)ccc1=O)NCc1cc(Br)ccc1F. The highest BCUT2D eigenvalue weighted by atomic mass is 79.9. The van der Waals surface area contributed by atoms with E-state index in [1.54, 1.807) is 18.2 Å². The molecular formula is C19H15BrFN3O2. The fourth-order valence-corrected chi connectivity index (χ4v) is 2.80. The summed E-state index contributed by atoms with van der Waals surface area (Å²) in [7, 11) is 0. The van der Waals surface area contributed by atoms with Crippen LogP contribution < -0.4 is 10.9 Å². The minimum absolute atomic E-state index is 0.0250. The van der Waals surface area contributed by atoms with Crippen molar-refractivity contribution < 1.29 is 9.18 Å². The van der Waals surface area contributed by atoms with E-state index in [9.17, 15) is 14.0 Å². The lowest BCUT2D eigenvalue weighted by molar-refractivity contribution is -0.122. The molecule has 2 aromatic carbocycles. The number of hydrogen-bond donors (Lipinski definition) is 1. The number of hydrogen-bond acceptors (Lipinski definition) is 3. The van der Waals surface area contributed by atoms with Crippen LogP contribution in [0.5, 0.6) is 0 Å². The number of amides is 1. The molecule has 1 amide bonds. The standard InChI is InChI=1S/C19H15BrFN3O2/c20-15-6-7-16(21)14(10-15)11-22-18(25)12-24-19(26)9-8-17(23-24)13-4-2-1-3-5-13/h1-10H,11-12H2,(H,22,25). The third kappa shape index (κ3) is 4.43. The molecule has 3 rings (SSSR count). The highest BCUT2D eigenvalue weighted by Gasteiger charge is 2.09. The van der Waals surface area contributed by atoms with Gasteiger partial charge in [-0.15, -0.1) is 0 Å². The molecule has 0 unspecified atom stereocenters. The maximum absolute atomic E-state index is 13.7. The number of nitrogens with one attached hydrogen (secondary N) is 1. The lowest BCUT2D eigenvalue weighted by Gasteiger charge is -2.09. The minimum Gasteiger partial charge on any atom is -0.350 e. The summed E-state index contributed by atoms with van der Waals surface area (Å²) in [4.78, 5) is 24.1. The van der Waals surface area contributed by atoms with Gasteiger partial charge in [0, 0.05) is 28.2 Å². The van der Waals surface area contributed by atoms with Crippen molar-refractivity contribution in [2.75, 3.05) is 0 Å². The van der Waals surface area contributed by atoms with Crippen LogP contribution in [0.4, 0.5) is 4.39 Å². The Morgan fingerprint density at radius 1 is 1.12 bits per heavy atom. The zero-order chi connectivity index (χ0) is 18.5. The number of carbonyl (C=O) groups excluding carboxylic acids is 1. The fraction of sp³-hybridized carbons (Fsp3) is 0.105. The Labute approximate surface area is 157 Å². The van der Waals surface area contributed by atoms with Crippen LogP contribution in [0.2, 0.25) is 0 Å². The highest BCUT2D eigenvalue weighted by molar-refractivity contribution is 9.10. The van der Waals surface area contributed by atoms with Crippen molar-refractivity contribution in [1.29, 1.82) is 0 Å². The molecule has 0 radical (unpaired) electrons. The van der Waals surface area contributed by atoms with Gasteiger partial charge in [-0.3, -0.25) is 9.59 Å². The number of halogens is 2. The molecule has 0 saturated heterocycles. The monoisotopic (exact) mass is 415 g/mol. The molecular weight excluding hydrogens is 401 g/mol. The fourth-order valence-electron chi connectivity index (χ4n) is 2.39. The van der Waals surface area contributed by atoms with Crippen molar-refractivity contribution in [3.63, 3.8) is 0 Å². The maximum atomic E-state index is 13.7. The normalized spacial score (nSPS) is 10.5. The summed E-state index contributed by atoms with van der Waals surface area (Å²) in [5, 5.41) is 6.83. The Bertz CT molecular complexity index is 990. The molecule has 1 heterocycles. The molecule has 7 heteroatoms. The molecule has 0 atom stereocenters. The molecule has 1 aromatic heterocycles. The van der Waals surface area contributed by atoms with Gasteiger partial charge in [-0.25, -0.2) is 9.07 Å². The summed E-state index contributed by atoms with van der Waals surface area (Å²) in [5.74, 6) is -0.834. The van der Waals surface area contributed by atoms with E-state index >= 15 is 0 Å². The highest BCUT2D eigenvalue weighted by Crippen LogP contribution is 2.15. The van der Waals surface area contributed by atoms with E-state index in [0.717, 1.165) is 14.7 Å². The summed E-state index contributed by atoms with van der Waals surface area (Å²) < 4.78 is 15.5. The van der Waals surface area contributed by atoms with Crippen molar-refractivity contribution >= 4 is 21.8 Å². The Morgan fingerprint density at radius 2 is 1.88 bits per heavy atom. The molecule has 132 valence electrons. The molecule has 0 bridgehead atoms. The molecule has 0 aliphatic carbocycles. The molecule has 26 heavy (non-hydrogen) atoms. The Hall–Kier alpha value is -2.80. The zero-order valence-corrected chi connectivity index (χ0v) is 15.2. The number of benzene rings is 2.